The Balaban J connectivity index is 1.60. The van der Waals surface area contributed by atoms with Crippen molar-refractivity contribution in [3.8, 4) is 11.8 Å². The number of carbonyl (C=O) groups is 1. The summed E-state index contributed by atoms with van der Waals surface area (Å²) in [6.45, 7) is 2.01. The standard InChI is InChI=1S/C19H19N3O2/c20-13-15-5-3-6-16(11-15)14-24-18-8-4-7-17(12-18)21-19(23)22-9-1-2-10-22/h3-8,11-12H,1-2,9-10,14H2,(H,21,23). The van der Waals surface area contributed by atoms with Crippen LogP contribution in [0.5, 0.6) is 5.75 Å². The molecule has 2 amide bonds. The summed E-state index contributed by atoms with van der Waals surface area (Å²) in [4.78, 5) is 13.9. The van der Waals surface area contributed by atoms with E-state index in [1.165, 1.54) is 0 Å². The summed E-state index contributed by atoms with van der Waals surface area (Å²) in [6.07, 6.45) is 2.14. The molecule has 1 aliphatic rings. The molecule has 0 radical (unpaired) electrons. The minimum Gasteiger partial charge on any atom is -0.489 e. The summed E-state index contributed by atoms with van der Waals surface area (Å²) >= 11 is 0. The van der Waals surface area contributed by atoms with Gasteiger partial charge in [-0.1, -0.05) is 18.2 Å². The number of carbonyl (C=O) groups excluding carboxylic acids is 1. The highest BCUT2D eigenvalue weighted by atomic mass is 16.5. The van der Waals surface area contributed by atoms with Gasteiger partial charge >= 0.3 is 6.03 Å². The van der Waals surface area contributed by atoms with Gasteiger partial charge in [0.05, 0.1) is 11.6 Å². The maximum atomic E-state index is 12.1. The van der Waals surface area contributed by atoms with Crippen molar-refractivity contribution < 1.29 is 9.53 Å². The van der Waals surface area contributed by atoms with Crippen molar-refractivity contribution in [2.24, 2.45) is 0 Å². The van der Waals surface area contributed by atoms with Gasteiger partial charge in [0.15, 0.2) is 0 Å². The summed E-state index contributed by atoms with van der Waals surface area (Å²) < 4.78 is 5.76. The van der Waals surface area contributed by atoms with Gasteiger partial charge in [0.1, 0.15) is 12.4 Å². The highest BCUT2D eigenvalue weighted by Crippen LogP contribution is 2.20. The maximum Gasteiger partial charge on any atom is 0.321 e. The molecular weight excluding hydrogens is 302 g/mol. The lowest BCUT2D eigenvalue weighted by molar-refractivity contribution is 0.222. The molecule has 0 unspecified atom stereocenters. The molecule has 1 saturated heterocycles. The number of urea groups is 1. The van der Waals surface area contributed by atoms with Crippen molar-refractivity contribution in [1.82, 2.24) is 4.90 Å². The first kappa shape index (κ1) is 15.9. The Hall–Kier alpha value is -3.00. The smallest absolute Gasteiger partial charge is 0.321 e. The Morgan fingerprint density at radius 1 is 1.17 bits per heavy atom. The SMILES string of the molecule is N#Cc1cccc(COc2cccc(NC(=O)N3CCCC3)c2)c1. The molecule has 3 rings (SSSR count). The number of nitriles is 1. The molecule has 1 heterocycles. The van der Waals surface area contributed by atoms with Crippen LogP contribution in [0, 0.1) is 11.3 Å². The van der Waals surface area contributed by atoms with Crippen molar-refractivity contribution in [2.45, 2.75) is 19.4 Å². The Labute approximate surface area is 141 Å². The normalized spacial score (nSPS) is 13.4. The predicted octanol–water partition coefficient (Wildman–Crippen LogP) is 3.76. The molecule has 0 aliphatic carbocycles. The van der Waals surface area contributed by atoms with Gasteiger partial charge in [0, 0.05) is 24.8 Å². The van der Waals surface area contributed by atoms with Crippen LogP contribution in [0.4, 0.5) is 10.5 Å². The molecule has 2 aromatic carbocycles. The average molecular weight is 321 g/mol. The van der Waals surface area contributed by atoms with Gasteiger partial charge in [-0.25, -0.2) is 4.79 Å². The van der Waals surface area contributed by atoms with Crippen molar-refractivity contribution >= 4 is 11.7 Å². The van der Waals surface area contributed by atoms with Gasteiger partial charge in [0.2, 0.25) is 0 Å². The third-order valence-electron chi connectivity index (χ3n) is 3.94. The van der Waals surface area contributed by atoms with Gasteiger partial charge in [-0.05, 0) is 42.7 Å². The second-order valence-corrected chi connectivity index (χ2v) is 5.75. The molecule has 0 bridgehead atoms. The molecule has 1 aliphatic heterocycles. The van der Waals surface area contributed by atoms with Crippen molar-refractivity contribution in [3.05, 3.63) is 59.7 Å². The van der Waals surface area contributed by atoms with E-state index in [9.17, 15) is 4.79 Å². The number of nitrogens with one attached hydrogen (secondary N) is 1. The number of ether oxygens (including phenoxy) is 1. The Morgan fingerprint density at radius 3 is 2.75 bits per heavy atom. The van der Waals surface area contributed by atoms with Crippen molar-refractivity contribution in [2.75, 3.05) is 18.4 Å². The fraction of sp³-hybridized carbons (Fsp3) is 0.263. The van der Waals surface area contributed by atoms with Crippen LogP contribution in [-0.2, 0) is 6.61 Å². The summed E-state index contributed by atoms with van der Waals surface area (Å²) in [5, 5.41) is 11.8. The highest BCUT2D eigenvalue weighted by molar-refractivity contribution is 5.89. The molecule has 5 nitrogen and oxygen atoms in total. The molecule has 2 aromatic rings. The monoisotopic (exact) mass is 321 g/mol. The number of benzene rings is 2. The van der Waals surface area contributed by atoms with E-state index in [0.717, 1.165) is 37.2 Å². The second kappa shape index (κ2) is 7.51. The van der Waals surface area contributed by atoms with Crippen LogP contribution in [0.1, 0.15) is 24.0 Å². The van der Waals surface area contributed by atoms with E-state index in [4.69, 9.17) is 10.00 Å². The van der Waals surface area contributed by atoms with E-state index >= 15 is 0 Å². The van der Waals surface area contributed by atoms with Crippen LogP contribution in [0.25, 0.3) is 0 Å². The lowest BCUT2D eigenvalue weighted by Gasteiger charge is -2.16. The quantitative estimate of drug-likeness (QED) is 0.932. The summed E-state index contributed by atoms with van der Waals surface area (Å²) in [5.74, 6) is 0.677. The first-order valence-electron chi connectivity index (χ1n) is 8.02. The maximum absolute atomic E-state index is 12.1. The molecule has 1 N–H and O–H groups in total. The first-order valence-corrected chi connectivity index (χ1v) is 8.02. The lowest BCUT2D eigenvalue weighted by Crippen LogP contribution is -2.32. The van der Waals surface area contributed by atoms with Crippen LogP contribution < -0.4 is 10.1 Å². The molecule has 0 aromatic heterocycles. The fourth-order valence-electron chi connectivity index (χ4n) is 2.68. The molecule has 5 heteroatoms. The zero-order valence-electron chi connectivity index (χ0n) is 13.4. The van der Waals surface area contributed by atoms with Crippen LogP contribution in [0.2, 0.25) is 0 Å². The molecule has 0 atom stereocenters. The highest BCUT2D eigenvalue weighted by Gasteiger charge is 2.17. The van der Waals surface area contributed by atoms with Crippen LogP contribution >= 0.6 is 0 Å². The molecule has 122 valence electrons. The van der Waals surface area contributed by atoms with Crippen LogP contribution in [0.15, 0.2) is 48.5 Å². The van der Waals surface area contributed by atoms with E-state index in [-0.39, 0.29) is 6.03 Å². The third kappa shape index (κ3) is 4.05. The fourth-order valence-corrected chi connectivity index (χ4v) is 2.68. The number of hydrogen-bond acceptors (Lipinski definition) is 3. The number of anilines is 1. The average Bonchev–Trinajstić information content (AvgIpc) is 3.15. The summed E-state index contributed by atoms with van der Waals surface area (Å²) in [7, 11) is 0. The summed E-state index contributed by atoms with van der Waals surface area (Å²) in [5.41, 5.74) is 2.26. The van der Waals surface area contributed by atoms with E-state index in [1.807, 2.05) is 41.3 Å². The molecular formula is C19H19N3O2. The first-order chi connectivity index (χ1) is 11.7. The predicted molar refractivity (Wildman–Crippen MR) is 91.8 cm³/mol. The van der Waals surface area contributed by atoms with Gasteiger partial charge < -0.3 is 15.0 Å². The topological polar surface area (TPSA) is 65.4 Å². The Morgan fingerprint density at radius 2 is 1.96 bits per heavy atom. The number of likely N-dealkylation sites (tertiary alicyclic amines) is 1. The molecule has 1 fully saturated rings. The van der Waals surface area contributed by atoms with E-state index in [2.05, 4.69) is 11.4 Å². The largest absolute Gasteiger partial charge is 0.489 e. The lowest BCUT2D eigenvalue weighted by atomic mass is 10.1. The van der Waals surface area contributed by atoms with Crippen molar-refractivity contribution in [3.63, 3.8) is 0 Å². The van der Waals surface area contributed by atoms with Gasteiger partial charge in [-0.15, -0.1) is 0 Å². The number of rotatable bonds is 4. The summed E-state index contributed by atoms with van der Waals surface area (Å²) in [6, 6.07) is 16.7. The number of hydrogen-bond donors (Lipinski definition) is 1. The zero-order valence-corrected chi connectivity index (χ0v) is 13.4. The van der Waals surface area contributed by atoms with E-state index in [0.29, 0.717) is 17.9 Å². The third-order valence-corrected chi connectivity index (χ3v) is 3.94. The van der Waals surface area contributed by atoms with Crippen LogP contribution in [0.3, 0.4) is 0 Å². The van der Waals surface area contributed by atoms with Gasteiger partial charge in [0.25, 0.3) is 0 Å². The second-order valence-electron chi connectivity index (χ2n) is 5.75. The molecule has 24 heavy (non-hydrogen) atoms. The molecule has 0 saturated carbocycles. The van der Waals surface area contributed by atoms with Crippen molar-refractivity contribution in [1.29, 1.82) is 5.26 Å². The van der Waals surface area contributed by atoms with Crippen LogP contribution in [-0.4, -0.2) is 24.0 Å². The van der Waals surface area contributed by atoms with Gasteiger partial charge in [-0.3, -0.25) is 0 Å². The van der Waals surface area contributed by atoms with Gasteiger partial charge in [-0.2, -0.15) is 5.26 Å². The molecule has 0 spiro atoms. The Kier molecular flexibility index (Phi) is 4.97. The minimum atomic E-state index is -0.0635. The zero-order chi connectivity index (χ0) is 16.8. The minimum absolute atomic E-state index is 0.0635. The Bertz CT molecular complexity index is 761. The van der Waals surface area contributed by atoms with E-state index in [1.54, 1.807) is 12.1 Å². The van der Waals surface area contributed by atoms with E-state index < -0.39 is 0 Å². The number of amides is 2. The number of nitrogens with zero attached hydrogens (tertiary/aromatic N) is 2.